The van der Waals surface area contributed by atoms with Crippen molar-refractivity contribution < 1.29 is 9.53 Å². The van der Waals surface area contributed by atoms with Crippen LogP contribution in [0.4, 0.5) is 5.69 Å². The molecule has 0 radical (unpaired) electrons. The summed E-state index contributed by atoms with van der Waals surface area (Å²) in [6.45, 7) is 4.75. The SMILES string of the molecule is COc1ccccc1N1CCN(CC(=O)N(C)Cc2ccsc2)CC1. The molecule has 5 nitrogen and oxygen atoms in total. The summed E-state index contributed by atoms with van der Waals surface area (Å²) in [6, 6.07) is 10.2. The number of nitrogens with zero attached hydrogens (tertiary/aromatic N) is 3. The van der Waals surface area contributed by atoms with Crippen molar-refractivity contribution >= 4 is 22.9 Å². The minimum Gasteiger partial charge on any atom is -0.495 e. The molecule has 1 saturated heterocycles. The molecule has 25 heavy (non-hydrogen) atoms. The maximum Gasteiger partial charge on any atom is 0.236 e. The van der Waals surface area contributed by atoms with Crippen LogP contribution < -0.4 is 9.64 Å². The van der Waals surface area contributed by atoms with Crippen molar-refractivity contribution in [2.45, 2.75) is 6.54 Å². The van der Waals surface area contributed by atoms with Gasteiger partial charge in [-0.25, -0.2) is 0 Å². The van der Waals surface area contributed by atoms with Crippen molar-refractivity contribution in [2.24, 2.45) is 0 Å². The van der Waals surface area contributed by atoms with Crippen molar-refractivity contribution in [3.63, 3.8) is 0 Å². The predicted octanol–water partition coefficient (Wildman–Crippen LogP) is 2.54. The summed E-state index contributed by atoms with van der Waals surface area (Å²) in [5.74, 6) is 1.08. The number of thiophene rings is 1. The highest BCUT2D eigenvalue weighted by atomic mass is 32.1. The molecular formula is C19H25N3O2S. The van der Waals surface area contributed by atoms with E-state index in [4.69, 9.17) is 4.74 Å². The third-order valence-electron chi connectivity index (χ3n) is 4.58. The van der Waals surface area contributed by atoms with E-state index in [1.807, 2.05) is 35.5 Å². The predicted molar refractivity (Wildman–Crippen MR) is 102 cm³/mol. The van der Waals surface area contributed by atoms with Gasteiger partial charge in [0, 0.05) is 39.8 Å². The van der Waals surface area contributed by atoms with Crippen LogP contribution in [0, 0.1) is 0 Å². The Kier molecular flexibility index (Phi) is 5.94. The summed E-state index contributed by atoms with van der Waals surface area (Å²) in [5, 5.41) is 4.14. The van der Waals surface area contributed by atoms with Gasteiger partial charge in [-0.15, -0.1) is 0 Å². The number of likely N-dealkylation sites (N-methyl/N-ethyl adjacent to an activating group) is 1. The summed E-state index contributed by atoms with van der Waals surface area (Å²) in [4.78, 5) is 18.8. The first-order valence-electron chi connectivity index (χ1n) is 8.52. The molecule has 1 aromatic heterocycles. The number of hydrogen-bond acceptors (Lipinski definition) is 5. The van der Waals surface area contributed by atoms with Gasteiger partial charge >= 0.3 is 0 Å². The molecule has 0 spiro atoms. The average Bonchev–Trinajstić information content (AvgIpc) is 3.15. The van der Waals surface area contributed by atoms with Crippen LogP contribution in [0.15, 0.2) is 41.1 Å². The number of hydrogen-bond donors (Lipinski definition) is 0. The number of amides is 1. The van der Waals surface area contributed by atoms with E-state index in [1.165, 1.54) is 5.56 Å². The Bertz CT molecular complexity index is 682. The third kappa shape index (κ3) is 4.52. The summed E-state index contributed by atoms with van der Waals surface area (Å²) >= 11 is 1.67. The molecule has 0 aliphatic carbocycles. The van der Waals surface area contributed by atoms with Crippen molar-refractivity contribution in [1.29, 1.82) is 0 Å². The van der Waals surface area contributed by atoms with E-state index in [0.29, 0.717) is 13.1 Å². The van der Waals surface area contributed by atoms with Gasteiger partial charge in [-0.1, -0.05) is 12.1 Å². The normalized spacial score (nSPS) is 15.2. The maximum absolute atomic E-state index is 12.4. The van der Waals surface area contributed by atoms with Crippen molar-refractivity contribution in [2.75, 3.05) is 51.8 Å². The second-order valence-corrected chi connectivity index (χ2v) is 7.10. The Morgan fingerprint density at radius 2 is 1.96 bits per heavy atom. The van der Waals surface area contributed by atoms with E-state index in [2.05, 4.69) is 27.3 Å². The lowest BCUT2D eigenvalue weighted by Gasteiger charge is -2.36. The smallest absolute Gasteiger partial charge is 0.236 e. The van der Waals surface area contributed by atoms with E-state index in [-0.39, 0.29) is 5.91 Å². The number of para-hydroxylation sites is 2. The fraction of sp³-hybridized carbons (Fsp3) is 0.421. The van der Waals surface area contributed by atoms with Gasteiger partial charge in [0.1, 0.15) is 5.75 Å². The van der Waals surface area contributed by atoms with Gasteiger partial charge in [0.25, 0.3) is 0 Å². The standard InChI is InChI=1S/C19H25N3O2S/c1-20(13-16-7-12-25-15-16)19(23)14-21-8-10-22(11-9-21)17-5-3-4-6-18(17)24-2/h3-7,12,15H,8-11,13-14H2,1-2H3. The zero-order valence-corrected chi connectivity index (χ0v) is 15.7. The molecule has 134 valence electrons. The van der Waals surface area contributed by atoms with E-state index < -0.39 is 0 Å². The largest absolute Gasteiger partial charge is 0.495 e. The first-order chi connectivity index (χ1) is 12.2. The van der Waals surface area contributed by atoms with Gasteiger partial charge in [0.05, 0.1) is 19.3 Å². The van der Waals surface area contributed by atoms with Crippen molar-refractivity contribution in [1.82, 2.24) is 9.80 Å². The molecule has 1 aromatic carbocycles. The number of rotatable bonds is 6. The zero-order chi connectivity index (χ0) is 17.6. The second-order valence-electron chi connectivity index (χ2n) is 6.32. The van der Waals surface area contributed by atoms with Gasteiger partial charge < -0.3 is 14.5 Å². The number of methoxy groups -OCH3 is 1. The lowest BCUT2D eigenvalue weighted by molar-refractivity contribution is -0.131. The Morgan fingerprint density at radius 1 is 1.20 bits per heavy atom. The molecule has 0 saturated carbocycles. The number of carbonyl (C=O) groups is 1. The first kappa shape index (κ1) is 17.8. The van der Waals surface area contributed by atoms with Crippen molar-refractivity contribution in [3.05, 3.63) is 46.7 Å². The molecule has 1 aliphatic rings. The quantitative estimate of drug-likeness (QED) is 0.794. The van der Waals surface area contributed by atoms with Crippen LogP contribution in [0.25, 0.3) is 0 Å². The van der Waals surface area contributed by atoms with Crippen LogP contribution in [-0.2, 0) is 11.3 Å². The highest BCUT2D eigenvalue weighted by molar-refractivity contribution is 7.07. The van der Waals surface area contributed by atoms with Crippen molar-refractivity contribution in [3.8, 4) is 5.75 Å². The Balaban J connectivity index is 1.49. The zero-order valence-electron chi connectivity index (χ0n) is 14.9. The molecule has 0 atom stereocenters. The molecule has 1 fully saturated rings. The number of ether oxygens (including phenoxy) is 1. The van der Waals surface area contributed by atoms with Gasteiger partial charge in [0.15, 0.2) is 0 Å². The Labute approximate surface area is 153 Å². The summed E-state index contributed by atoms with van der Waals surface area (Å²) in [5.41, 5.74) is 2.33. The molecule has 2 aromatic rings. The van der Waals surface area contributed by atoms with E-state index in [1.54, 1.807) is 18.4 Å². The topological polar surface area (TPSA) is 36.0 Å². The van der Waals surface area contributed by atoms with Crippen LogP contribution >= 0.6 is 11.3 Å². The van der Waals surface area contributed by atoms with Crippen LogP contribution in [0.2, 0.25) is 0 Å². The number of carbonyl (C=O) groups excluding carboxylic acids is 1. The molecule has 0 N–H and O–H groups in total. The van der Waals surface area contributed by atoms with Gasteiger partial charge in [-0.2, -0.15) is 11.3 Å². The summed E-state index contributed by atoms with van der Waals surface area (Å²) in [7, 11) is 3.59. The van der Waals surface area contributed by atoms with Crippen LogP contribution in [0.5, 0.6) is 5.75 Å². The molecule has 3 rings (SSSR count). The summed E-state index contributed by atoms with van der Waals surface area (Å²) < 4.78 is 5.46. The van der Waals surface area contributed by atoms with E-state index >= 15 is 0 Å². The summed E-state index contributed by atoms with van der Waals surface area (Å²) in [6.07, 6.45) is 0. The average molecular weight is 359 g/mol. The number of benzene rings is 1. The lowest BCUT2D eigenvalue weighted by Crippen LogP contribution is -2.49. The van der Waals surface area contributed by atoms with E-state index in [0.717, 1.165) is 37.6 Å². The second kappa shape index (κ2) is 8.36. The van der Waals surface area contributed by atoms with Crippen LogP contribution in [0.1, 0.15) is 5.56 Å². The fourth-order valence-corrected chi connectivity index (χ4v) is 3.75. The van der Waals surface area contributed by atoms with E-state index in [9.17, 15) is 4.79 Å². The molecule has 1 amide bonds. The lowest BCUT2D eigenvalue weighted by atomic mass is 10.2. The highest BCUT2D eigenvalue weighted by Crippen LogP contribution is 2.28. The fourth-order valence-electron chi connectivity index (χ4n) is 3.09. The number of anilines is 1. The molecule has 6 heteroatoms. The van der Waals surface area contributed by atoms with Gasteiger partial charge in [-0.05, 0) is 34.5 Å². The van der Waals surface area contributed by atoms with Gasteiger partial charge in [0.2, 0.25) is 5.91 Å². The third-order valence-corrected chi connectivity index (χ3v) is 5.31. The Morgan fingerprint density at radius 3 is 2.64 bits per heavy atom. The highest BCUT2D eigenvalue weighted by Gasteiger charge is 2.22. The first-order valence-corrected chi connectivity index (χ1v) is 9.47. The molecular weight excluding hydrogens is 334 g/mol. The Hall–Kier alpha value is -2.05. The monoisotopic (exact) mass is 359 g/mol. The maximum atomic E-state index is 12.4. The van der Waals surface area contributed by atoms with Gasteiger partial charge in [-0.3, -0.25) is 9.69 Å². The molecule has 0 unspecified atom stereocenters. The van der Waals surface area contributed by atoms with Crippen LogP contribution in [0.3, 0.4) is 0 Å². The molecule has 0 bridgehead atoms. The minimum atomic E-state index is 0.178. The molecule has 1 aliphatic heterocycles. The van der Waals surface area contributed by atoms with Crippen LogP contribution in [-0.4, -0.2) is 62.6 Å². The molecule has 2 heterocycles. The minimum absolute atomic E-state index is 0.178. The number of piperazine rings is 1.